The minimum absolute atomic E-state index is 0.0349. The molecule has 0 aliphatic carbocycles. The third-order valence-corrected chi connectivity index (χ3v) is 3.34. The van der Waals surface area contributed by atoms with Crippen LogP contribution in [-0.2, 0) is 4.74 Å². The van der Waals surface area contributed by atoms with Crippen molar-refractivity contribution in [1.82, 2.24) is 5.32 Å². The number of nitrogens with two attached hydrogens (primary N) is 1. The van der Waals surface area contributed by atoms with Crippen LogP contribution < -0.4 is 16.4 Å². The molecule has 7 heteroatoms. The third-order valence-electron chi connectivity index (χ3n) is 2.74. The summed E-state index contributed by atoms with van der Waals surface area (Å²) in [6.07, 6.45) is 0.179. The van der Waals surface area contributed by atoms with Gasteiger partial charge in [-0.1, -0.05) is 0 Å². The van der Waals surface area contributed by atoms with Gasteiger partial charge < -0.3 is 21.1 Å². The first kappa shape index (κ1) is 18.7. The number of carbonyl (C=O) groups is 1. The summed E-state index contributed by atoms with van der Waals surface area (Å²) in [6.45, 7) is 6.26. The largest absolute Gasteiger partial charge is 0.444 e. The Morgan fingerprint density at radius 1 is 1.45 bits per heavy atom. The second kappa shape index (κ2) is 8.33. The van der Waals surface area contributed by atoms with E-state index in [1.54, 1.807) is 12.1 Å². The Hall–Kier alpha value is -1.34. The maximum absolute atomic E-state index is 13.2. The molecule has 0 aliphatic heterocycles. The number of amides is 1. The van der Waals surface area contributed by atoms with Crippen molar-refractivity contribution in [2.45, 2.75) is 38.8 Å². The van der Waals surface area contributed by atoms with Gasteiger partial charge in [-0.25, -0.2) is 9.18 Å². The van der Waals surface area contributed by atoms with Crippen molar-refractivity contribution in [3.05, 3.63) is 28.5 Å². The summed E-state index contributed by atoms with van der Waals surface area (Å²) >= 11 is 3.14. The van der Waals surface area contributed by atoms with E-state index in [9.17, 15) is 9.18 Å². The van der Waals surface area contributed by atoms with Gasteiger partial charge in [0.15, 0.2) is 0 Å². The van der Waals surface area contributed by atoms with Crippen LogP contribution in [0.4, 0.5) is 14.9 Å². The standard InChI is InChI=1S/C15H23BrFN3O2/c1-15(2,3)22-14(21)19-7-6-11(9-18)20-10-4-5-13(17)12(16)8-10/h4-5,8,11,20H,6-7,9,18H2,1-3H3,(H,19,21). The number of nitrogens with one attached hydrogen (secondary N) is 2. The summed E-state index contributed by atoms with van der Waals surface area (Å²) in [5.74, 6) is -0.318. The molecule has 0 bridgehead atoms. The van der Waals surface area contributed by atoms with Gasteiger partial charge in [-0.3, -0.25) is 0 Å². The zero-order valence-electron chi connectivity index (χ0n) is 13.1. The highest BCUT2D eigenvalue weighted by Gasteiger charge is 2.16. The summed E-state index contributed by atoms with van der Waals surface area (Å²) < 4.78 is 18.7. The fraction of sp³-hybridized carbons (Fsp3) is 0.533. The Morgan fingerprint density at radius 2 is 2.14 bits per heavy atom. The summed E-state index contributed by atoms with van der Waals surface area (Å²) in [6, 6.07) is 4.63. The Labute approximate surface area is 138 Å². The van der Waals surface area contributed by atoms with Crippen LogP contribution in [0.25, 0.3) is 0 Å². The molecule has 1 amide bonds. The molecule has 124 valence electrons. The molecule has 0 aliphatic rings. The lowest BCUT2D eigenvalue weighted by molar-refractivity contribution is 0.0527. The first-order chi connectivity index (χ1) is 10.2. The Kier molecular flexibility index (Phi) is 7.09. The zero-order valence-corrected chi connectivity index (χ0v) is 14.7. The molecule has 5 nitrogen and oxygen atoms in total. The van der Waals surface area contributed by atoms with Crippen molar-refractivity contribution >= 4 is 27.7 Å². The number of rotatable bonds is 6. The highest BCUT2D eigenvalue weighted by Crippen LogP contribution is 2.20. The fourth-order valence-electron chi connectivity index (χ4n) is 1.73. The summed E-state index contributed by atoms with van der Waals surface area (Å²) in [5, 5.41) is 5.89. The van der Waals surface area contributed by atoms with Crippen LogP contribution in [0.2, 0.25) is 0 Å². The minimum Gasteiger partial charge on any atom is -0.444 e. The van der Waals surface area contributed by atoms with Crippen LogP contribution in [0.1, 0.15) is 27.2 Å². The van der Waals surface area contributed by atoms with Crippen molar-refractivity contribution in [2.75, 3.05) is 18.4 Å². The van der Waals surface area contributed by atoms with Gasteiger partial charge >= 0.3 is 6.09 Å². The van der Waals surface area contributed by atoms with E-state index in [2.05, 4.69) is 26.6 Å². The van der Waals surface area contributed by atoms with Gasteiger partial charge in [-0.2, -0.15) is 0 Å². The van der Waals surface area contributed by atoms with Crippen molar-refractivity contribution < 1.29 is 13.9 Å². The van der Waals surface area contributed by atoms with Gasteiger partial charge in [-0.05, 0) is 61.3 Å². The van der Waals surface area contributed by atoms with E-state index in [-0.39, 0.29) is 11.9 Å². The summed E-state index contributed by atoms with van der Waals surface area (Å²) in [5.41, 5.74) is 5.96. The lowest BCUT2D eigenvalue weighted by atomic mass is 10.2. The highest BCUT2D eigenvalue weighted by atomic mass is 79.9. The van der Waals surface area contributed by atoms with Crippen LogP contribution >= 0.6 is 15.9 Å². The van der Waals surface area contributed by atoms with Gasteiger partial charge in [0, 0.05) is 24.8 Å². The molecule has 1 atom stereocenters. The van der Waals surface area contributed by atoms with Crippen molar-refractivity contribution in [2.24, 2.45) is 5.73 Å². The predicted octanol–water partition coefficient (Wildman–Crippen LogP) is 3.24. The van der Waals surface area contributed by atoms with Gasteiger partial charge in [0.05, 0.1) is 4.47 Å². The molecule has 0 radical (unpaired) electrons. The normalized spacial score (nSPS) is 12.6. The molecular formula is C15H23BrFN3O2. The van der Waals surface area contributed by atoms with Crippen molar-refractivity contribution in [3.63, 3.8) is 0 Å². The lowest BCUT2D eigenvalue weighted by Crippen LogP contribution is -2.37. The van der Waals surface area contributed by atoms with E-state index < -0.39 is 11.7 Å². The Morgan fingerprint density at radius 3 is 2.68 bits per heavy atom. The number of benzene rings is 1. The minimum atomic E-state index is -0.518. The first-order valence-electron chi connectivity index (χ1n) is 7.10. The molecule has 1 unspecified atom stereocenters. The van der Waals surface area contributed by atoms with Crippen molar-refractivity contribution in [3.8, 4) is 0 Å². The number of carbonyl (C=O) groups excluding carboxylic acids is 1. The van der Waals surface area contributed by atoms with E-state index in [4.69, 9.17) is 10.5 Å². The molecular weight excluding hydrogens is 353 g/mol. The first-order valence-corrected chi connectivity index (χ1v) is 7.89. The van der Waals surface area contributed by atoms with Gasteiger partial charge in [0.2, 0.25) is 0 Å². The van der Waals surface area contributed by atoms with Crippen LogP contribution in [0.3, 0.4) is 0 Å². The number of ether oxygens (including phenoxy) is 1. The smallest absolute Gasteiger partial charge is 0.407 e. The van der Waals surface area contributed by atoms with E-state index in [1.807, 2.05) is 20.8 Å². The van der Waals surface area contributed by atoms with E-state index in [0.29, 0.717) is 24.0 Å². The average Bonchev–Trinajstić information content (AvgIpc) is 2.39. The molecule has 0 saturated heterocycles. The maximum atomic E-state index is 13.2. The van der Waals surface area contributed by atoms with Gasteiger partial charge in [-0.15, -0.1) is 0 Å². The maximum Gasteiger partial charge on any atom is 0.407 e. The summed E-state index contributed by atoms with van der Waals surface area (Å²) in [7, 11) is 0. The predicted molar refractivity (Wildman–Crippen MR) is 89.4 cm³/mol. The monoisotopic (exact) mass is 375 g/mol. The van der Waals surface area contributed by atoms with Gasteiger partial charge in [0.25, 0.3) is 0 Å². The number of hydrogen-bond donors (Lipinski definition) is 3. The summed E-state index contributed by atoms with van der Waals surface area (Å²) in [4.78, 5) is 11.5. The molecule has 1 aromatic carbocycles. The van der Waals surface area contributed by atoms with Crippen LogP contribution in [0, 0.1) is 5.82 Å². The molecule has 0 aromatic heterocycles. The number of alkyl carbamates (subject to hydrolysis) is 1. The van der Waals surface area contributed by atoms with Crippen molar-refractivity contribution in [1.29, 1.82) is 0 Å². The lowest BCUT2D eigenvalue weighted by Gasteiger charge is -2.21. The highest BCUT2D eigenvalue weighted by molar-refractivity contribution is 9.10. The quantitative estimate of drug-likeness (QED) is 0.713. The zero-order chi connectivity index (χ0) is 16.8. The fourth-order valence-corrected chi connectivity index (χ4v) is 2.11. The second-order valence-corrected chi connectivity index (χ2v) is 6.78. The SMILES string of the molecule is CC(C)(C)OC(=O)NCCC(CN)Nc1ccc(F)c(Br)c1. The van der Waals surface area contributed by atoms with E-state index in [1.165, 1.54) is 6.07 Å². The van der Waals surface area contributed by atoms with Gasteiger partial charge in [0.1, 0.15) is 11.4 Å². The van der Waals surface area contributed by atoms with Crippen LogP contribution in [0.15, 0.2) is 22.7 Å². The van der Waals surface area contributed by atoms with Crippen LogP contribution in [0.5, 0.6) is 0 Å². The molecule has 22 heavy (non-hydrogen) atoms. The Balaban J connectivity index is 2.42. The Bertz CT molecular complexity index is 506. The number of hydrogen-bond acceptors (Lipinski definition) is 4. The van der Waals surface area contributed by atoms with Crippen LogP contribution in [-0.4, -0.2) is 30.8 Å². The average molecular weight is 376 g/mol. The third kappa shape index (κ3) is 7.09. The van der Waals surface area contributed by atoms with E-state index >= 15 is 0 Å². The molecule has 0 heterocycles. The molecule has 4 N–H and O–H groups in total. The topological polar surface area (TPSA) is 76.4 Å². The number of anilines is 1. The molecule has 0 spiro atoms. The molecule has 0 fully saturated rings. The second-order valence-electron chi connectivity index (χ2n) is 5.92. The number of halogens is 2. The van der Waals surface area contributed by atoms with E-state index in [0.717, 1.165) is 5.69 Å². The molecule has 0 saturated carbocycles. The molecule has 1 rings (SSSR count). The molecule has 1 aromatic rings.